The summed E-state index contributed by atoms with van der Waals surface area (Å²) in [6.07, 6.45) is 3.77. The smallest absolute Gasteiger partial charge is 0.115 e. The summed E-state index contributed by atoms with van der Waals surface area (Å²) in [5.41, 5.74) is 0. The second-order valence-corrected chi connectivity index (χ2v) is 1.73. The van der Waals surface area contributed by atoms with E-state index in [1.807, 2.05) is 0 Å². The average molecular weight is 210 g/mol. The second kappa shape index (κ2) is 9.82. The van der Waals surface area contributed by atoms with E-state index in [2.05, 4.69) is 6.58 Å². The predicted octanol–water partition coefficient (Wildman–Crippen LogP) is 0.0534. The van der Waals surface area contributed by atoms with Gasteiger partial charge in [0.1, 0.15) is 12.7 Å². The Balaban J connectivity index is 0. The number of aliphatic hydroxyl groups is 2. The standard InChI is InChI=1S/C7H12O3.Zn/c1-2-3-4-10-6-7(9)5-8;/h2-4,7-9H,1,5-6H2;. The molecule has 0 aromatic rings. The molecule has 0 aromatic heterocycles. The zero-order chi connectivity index (χ0) is 7.82. The number of ether oxygens (including phenoxy) is 1. The van der Waals surface area contributed by atoms with Crippen molar-refractivity contribution < 1.29 is 34.4 Å². The van der Waals surface area contributed by atoms with Gasteiger partial charge < -0.3 is 14.9 Å². The van der Waals surface area contributed by atoms with Crippen LogP contribution < -0.4 is 0 Å². The van der Waals surface area contributed by atoms with Crippen LogP contribution in [0.25, 0.3) is 0 Å². The van der Waals surface area contributed by atoms with Crippen LogP contribution >= 0.6 is 0 Å². The molecule has 3 nitrogen and oxygen atoms in total. The molecule has 1 unspecified atom stereocenters. The van der Waals surface area contributed by atoms with Crippen molar-refractivity contribution in [1.29, 1.82) is 0 Å². The van der Waals surface area contributed by atoms with Gasteiger partial charge in [-0.05, 0) is 6.08 Å². The molecule has 60 valence electrons. The van der Waals surface area contributed by atoms with Gasteiger partial charge in [-0.2, -0.15) is 0 Å². The normalized spacial score (nSPS) is 12.2. The van der Waals surface area contributed by atoms with E-state index in [1.165, 1.54) is 6.26 Å². The summed E-state index contributed by atoms with van der Waals surface area (Å²) in [5, 5.41) is 17.0. The van der Waals surface area contributed by atoms with E-state index < -0.39 is 6.10 Å². The Labute approximate surface area is 79.1 Å². The van der Waals surface area contributed by atoms with Crippen molar-refractivity contribution in [3.63, 3.8) is 0 Å². The van der Waals surface area contributed by atoms with Crippen molar-refractivity contribution in [3.05, 3.63) is 25.0 Å². The van der Waals surface area contributed by atoms with Crippen LogP contribution in [0.15, 0.2) is 25.0 Å². The minimum atomic E-state index is -0.797. The largest absolute Gasteiger partial charge is 0.498 e. The summed E-state index contributed by atoms with van der Waals surface area (Å²) >= 11 is 0. The quantitative estimate of drug-likeness (QED) is 0.382. The van der Waals surface area contributed by atoms with Crippen LogP contribution in [0.3, 0.4) is 0 Å². The molecule has 0 saturated heterocycles. The third kappa shape index (κ3) is 9.82. The fourth-order valence-corrected chi connectivity index (χ4v) is 0.330. The average Bonchev–Trinajstić information content (AvgIpc) is 1.98. The molecular formula is C7H12O3Zn. The van der Waals surface area contributed by atoms with Gasteiger partial charge in [-0.1, -0.05) is 12.7 Å². The van der Waals surface area contributed by atoms with Gasteiger partial charge in [0, 0.05) is 19.5 Å². The zero-order valence-electron chi connectivity index (χ0n) is 6.44. The summed E-state index contributed by atoms with van der Waals surface area (Å²) in [4.78, 5) is 0. The Kier molecular flexibility index (Phi) is 12.0. The minimum absolute atomic E-state index is 0. The Bertz CT molecular complexity index is 114. The van der Waals surface area contributed by atoms with Crippen molar-refractivity contribution >= 4 is 0 Å². The molecular weight excluding hydrogens is 197 g/mol. The summed E-state index contributed by atoms with van der Waals surface area (Å²) in [7, 11) is 0. The SMILES string of the molecule is C=CC=COCC(O)CO.[Zn]. The van der Waals surface area contributed by atoms with Gasteiger partial charge in [-0.25, -0.2) is 0 Å². The molecule has 1 atom stereocenters. The number of allylic oxidation sites excluding steroid dienone is 2. The zero-order valence-corrected chi connectivity index (χ0v) is 9.41. The van der Waals surface area contributed by atoms with E-state index >= 15 is 0 Å². The van der Waals surface area contributed by atoms with Crippen LogP contribution in [0.4, 0.5) is 0 Å². The third-order valence-electron chi connectivity index (χ3n) is 0.810. The van der Waals surface area contributed by atoms with Gasteiger partial charge in [0.2, 0.25) is 0 Å². The molecule has 11 heavy (non-hydrogen) atoms. The second-order valence-electron chi connectivity index (χ2n) is 1.73. The fraction of sp³-hybridized carbons (Fsp3) is 0.429. The number of aliphatic hydroxyl groups excluding tert-OH is 2. The molecule has 0 aliphatic heterocycles. The Morgan fingerprint density at radius 1 is 1.55 bits per heavy atom. The van der Waals surface area contributed by atoms with E-state index in [4.69, 9.17) is 14.9 Å². The Morgan fingerprint density at radius 3 is 2.64 bits per heavy atom. The molecule has 0 aromatic carbocycles. The summed E-state index contributed by atoms with van der Waals surface area (Å²) in [6.45, 7) is 3.25. The van der Waals surface area contributed by atoms with E-state index in [1.54, 1.807) is 12.2 Å². The molecule has 0 radical (unpaired) electrons. The van der Waals surface area contributed by atoms with E-state index in [9.17, 15) is 0 Å². The molecule has 0 saturated carbocycles. The molecule has 0 spiro atoms. The molecule has 0 amide bonds. The van der Waals surface area contributed by atoms with Crippen LogP contribution in [0.5, 0.6) is 0 Å². The van der Waals surface area contributed by atoms with Crippen LogP contribution in [-0.4, -0.2) is 29.5 Å². The number of rotatable bonds is 5. The van der Waals surface area contributed by atoms with Gasteiger partial charge in [0.25, 0.3) is 0 Å². The molecule has 4 heteroatoms. The van der Waals surface area contributed by atoms with Crippen molar-refractivity contribution in [2.24, 2.45) is 0 Å². The van der Waals surface area contributed by atoms with Gasteiger partial charge in [0.15, 0.2) is 0 Å². The molecule has 0 aliphatic rings. The minimum Gasteiger partial charge on any atom is -0.498 e. The molecule has 2 N–H and O–H groups in total. The van der Waals surface area contributed by atoms with Crippen molar-refractivity contribution in [2.45, 2.75) is 6.10 Å². The maximum absolute atomic E-state index is 8.72. The van der Waals surface area contributed by atoms with E-state index in [0.717, 1.165) is 0 Å². The topological polar surface area (TPSA) is 49.7 Å². The first kappa shape index (κ1) is 13.4. The molecule has 0 aliphatic carbocycles. The van der Waals surface area contributed by atoms with Crippen LogP contribution in [0.1, 0.15) is 0 Å². The van der Waals surface area contributed by atoms with Crippen LogP contribution in [0, 0.1) is 0 Å². The van der Waals surface area contributed by atoms with Crippen molar-refractivity contribution in [3.8, 4) is 0 Å². The van der Waals surface area contributed by atoms with Crippen molar-refractivity contribution in [2.75, 3.05) is 13.2 Å². The predicted molar refractivity (Wildman–Crippen MR) is 38.4 cm³/mol. The maximum atomic E-state index is 8.72. The van der Waals surface area contributed by atoms with Crippen LogP contribution in [-0.2, 0) is 24.2 Å². The van der Waals surface area contributed by atoms with Gasteiger partial charge in [-0.3, -0.25) is 0 Å². The summed E-state index contributed by atoms with van der Waals surface area (Å²) in [5.74, 6) is 0. The fourth-order valence-electron chi connectivity index (χ4n) is 0.330. The first-order valence-corrected chi connectivity index (χ1v) is 2.99. The molecule has 0 fully saturated rings. The Morgan fingerprint density at radius 2 is 2.18 bits per heavy atom. The first-order chi connectivity index (χ1) is 4.81. The third-order valence-corrected chi connectivity index (χ3v) is 0.810. The van der Waals surface area contributed by atoms with Crippen molar-refractivity contribution in [1.82, 2.24) is 0 Å². The van der Waals surface area contributed by atoms with Gasteiger partial charge in [0.05, 0.1) is 12.9 Å². The summed E-state index contributed by atoms with van der Waals surface area (Å²) < 4.78 is 4.76. The van der Waals surface area contributed by atoms with E-state index in [-0.39, 0.29) is 32.7 Å². The monoisotopic (exact) mass is 208 g/mol. The van der Waals surface area contributed by atoms with Gasteiger partial charge in [-0.15, -0.1) is 0 Å². The first-order valence-electron chi connectivity index (χ1n) is 2.99. The van der Waals surface area contributed by atoms with Gasteiger partial charge >= 0.3 is 0 Å². The number of hydrogen-bond donors (Lipinski definition) is 2. The Hall–Kier alpha value is -0.177. The molecule has 0 heterocycles. The molecule has 0 bridgehead atoms. The number of hydrogen-bond acceptors (Lipinski definition) is 3. The molecule has 0 rings (SSSR count). The summed E-state index contributed by atoms with van der Waals surface area (Å²) in [6, 6.07) is 0. The maximum Gasteiger partial charge on any atom is 0.115 e. The van der Waals surface area contributed by atoms with Crippen LogP contribution in [0.2, 0.25) is 0 Å². The van der Waals surface area contributed by atoms with E-state index in [0.29, 0.717) is 0 Å².